The fraction of sp³-hybridized carbons (Fsp3) is 0. The van der Waals surface area contributed by atoms with Gasteiger partial charge in [-0.1, -0.05) is 17.7 Å². The van der Waals surface area contributed by atoms with Crippen molar-refractivity contribution in [2.45, 2.75) is 0 Å². The number of aromatic nitrogens is 3. The van der Waals surface area contributed by atoms with Crippen molar-refractivity contribution in [3.63, 3.8) is 0 Å². The number of anilines is 1. The highest BCUT2D eigenvalue weighted by atomic mass is 35.5. The molecule has 0 atom stereocenters. The minimum Gasteiger partial charge on any atom is -0.356 e. The summed E-state index contributed by atoms with van der Waals surface area (Å²) in [6.07, 6.45) is 2.68. The van der Waals surface area contributed by atoms with Gasteiger partial charge in [-0.2, -0.15) is 0 Å². The Hall–Kier alpha value is -2.77. The van der Waals surface area contributed by atoms with Gasteiger partial charge in [0, 0.05) is 18.0 Å². The molecule has 9 heteroatoms. The van der Waals surface area contributed by atoms with E-state index in [1.165, 1.54) is 36.7 Å². The van der Waals surface area contributed by atoms with Crippen molar-refractivity contribution in [3.05, 3.63) is 75.7 Å². The highest BCUT2D eigenvalue weighted by Crippen LogP contribution is 2.23. The van der Waals surface area contributed by atoms with Crippen molar-refractivity contribution in [1.29, 1.82) is 0 Å². The Bertz CT molecular complexity index is 954. The summed E-state index contributed by atoms with van der Waals surface area (Å²) in [5.74, 6) is -1.72. The van der Waals surface area contributed by atoms with Crippen LogP contribution in [0.25, 0.3) is 0 Å². The average Bonchev–Trinajstić information content (AvgIpc) is 3.04. The lowest BCUT2D eigenvalue weighted by molar-refractivity contribution is 0.102. The molecule has 0 saturated carbocycles. The summed E-state index contributed by atoms with van der Waals surface area (Å²) < 4.78 is 13.9. The lowest BCUT2D eigenvalue weighted by atomic mass is 10.1. The van der Waals surface area contributed by atoms with Gasteiger partial charge in [0.05, 0.1) is 10.6 Å². The van der Waals surface area contributed by atoms with E-state index < -0.39 is 17.5 Å². The van der Waals surface area contributed by atoms with Gasteiger partial charge in [0.15, 0.2) is 5.78 Å². The van der Waals surface area contributed by atoms with Gasteiger partial charge in [-0.3, -0.25) is 9.59 Å². The van der Waals surface area contributed by atoms with Crippen molar-refractivity contribution in [2.75, 3.05) is 5.32 Å². The molecule has 25 heavy (non-hydrogen) atoms. The van der Waals surface area contributed by atoms with Crippen LogP contribution < -0.4 is 5.32 Å². The lowest BCUT2D eigenvalue weighted by Gasteiger charge is -2.03. The highest BCUT2D eigenvalue weighted by molar-refractivity contribution is 6.35. The normalized spacial score (nSPS) is 10.5. The van der Waals surface area contributed by atoms with E-state index in [1.54, 1.807) is 0 Å². The average molecular weight is 379 g/mol. The molecule has 1 aromatic carbocycles. The van der Waals surface area contributed by atoms with E-state index >= 15 is 0 Å². The summed E-state index contributed by atoms with van der Waals surface area (Å²) in [5, 5.41) is 2.47. The second-order valence-electron chi connectivity index (χ2n) is 4.89. The second kappa shape index (κ2) is 7.00. The minimum atomic E-state index is -0.736. The first-order valence-electron chi connectivity index (χ1n) is 6.92. The summed E-state index contributed by atoms with van der Waals surface area (Å²) >= 11 is 11.5. The number of rotatable bonds is 4. The third-order valence-electron chi connectivity index (χ3n) is 3.25. The van der Waals surface area contributed by atoms with Crippen LogP contribution >= 0.6 is 23.2 Å². The molecule has 2 heterocycles. The van der Waals surface area contributed by atoms with E-state index in [4.69, 9.17) is 23.2 Å². The number of halogens is 3. The van der Waals surface area contributed by atoms with Crippen LogP contribution in [0.1, 0.15) is 26.4 Å². The van der Waals surface area contributed by atoms with Gasteiger partial charge in [-0.25, -0.2) is 14.4 Å². The Balaban J connectivity index is 1.82. The number of nitrogens with zero attached hydrogens (tertiary/aromatic N) is 2. The molecule has 2 aromatic heterocycles. The molecule has 6 nitrogen and oxygen atoms in total. The lowest BCUT2D eigenvalue weighted by Crippen LogP contribution is -2.13. The Morgan fingerprint density at radius 3 is 2.72 bits per heavy atom. The number of carbonyl (C=O) groups is 2. The van der Waals surface area contributed by atoms with E-state index in [0.717, 1.165) is 6.07 Å². The van der Waals surface area contributed by atoms with Crippen LogP contribution in [-0.2, 0) is 0 Å². The Morgan fingerprint density at radius 2 is 2.00 bits per heavy atom. The SMILES string of the molecule is O=C(Nc1ccnc(Cl)n1)c1cc(C(=O)c2c(F)cccc2Cl)c[nH]1. The topological polar surface area (TPSA) is 87.7 Å². The second-order valence-corrected chi connectivity index (χ2v) is 5.64. The van der Waals surface area contributed by atoms with E-state index in [9.17, 15) is 14.0 Å². The van der Waals surface area contributed by atoms with Gasteiger partial charge in [-0.15, -0.1) is 0 Å². The molecule has 0 unspecified atom stereocenters. The van der Waals surface area contributed by atoms with E-state index in [0.29, 0.717) is 0 Å². The maximum atomic E-state index is 13.9. The van der Waals surface area contributed by atoms with Gasteiger partial charge in [0.1, 0.15) is 17.3 Å². The van der Waals surface area contributed by atoms with Crippen LogP contribution in [0.15, 0.2) is 42.7 Å². The predicted molar refractivity (Wildman–Crippen MR) is 90.6 cm³/mol. The van der Waals surface area contributed by atoms with Crippen molar-refractivity contribution < 1.29 is 14.0 Å². The summed E-state index contributed by atoms with van der Waals surface area (Å²) in [6, 6.07) is 6.70. The summed E-state index contributed by atoms with van der Waals surface area (Å²) in [6.45, 7) is 0. The van der Waals surface area contributed by atoms with Crippen LogP contribution in [0.5, 0.6) is 0 Å². The van der Waals surface area contributed by atoms with Gasteiger partial charge in [0.2, 0.25) is 5.28 Å². The largest absolute Gasteiger partial charge is 0.356 e. The summed E-state index contributed by atoms with van der Waals surface area (Å²) in [5.41, 5.74) is -0.0684. The maximum Gasteiger partial charge on any atom is 0.273 e. The van der Waals surface area contributed by atoms with Crippen LogP contribution in [0.4, 0.5) is 10.2 Å². The molecule has 0 bridgehead atoms. The first-order chi connectivity index (χ1) is 12.0. The molecule has 0 fully saturated rings. The van der Waals surface area contributed by atoms with Crippen molar-refractivity contribution >= 4 is 40.7 Å². The number of benzene rings is 1. The van der Waals surface area contributed by atoms with Crippen molar-refractivity contribution in [1.82, 2.24) is 15.0 Å². The van der Waals surface area contributed by atoms with Gasteiger partial charge < -0.3 is 10.3 Å². The number of nitrogens with one attached hydrogen (secondary N) is 2. The molecule has 2 N–H and O–H groups in total. The number of ketones is 1. The Morgan fingerprint density at radius 1 is 1.20 bits per heavy atom. The van der Waals surface area contributed by atoms with Gasteiger partial charge >= 0.3 is 0 Å². The molecule has 3 rings (SSSR count). The first-order valence-corrected chi connectivity index (χ1v) is 7.68. The summed E-state index contributed by atoms with van der Waals surface area (Å²) in [7, 11) is 0. The molecule has 0 aliphatic carbocycles. The van der Waals surface area contributed by atoms with E-state index in [-0.39, 0.29) is 32.9 Å². The van der Waals surface area contributed by atoms with Crippen LogP contribution in [-0.4, -0.2) is 26.6 Å². The zero-order chi connectivity index (χ0) is 18.0. The monoisotopic (exact) mass is 378 g/mol. The predicted octanol–water partition coefficient (Wildman–Crippen LogP) is 3.73. The molecule has 0 aliphatic rings. The number of amides is 1. The fourth-order valence-electron chi connectivity index (χ4n) is 2.10. The zero-order valence-corrected chi connectivity index (χ0v) is 13.9. The molecule has 0 aliphatic heterocycles. The van der Waals surface area contributed by atoms with Crippen LogP contribution in [0.3, 0.4) is 0 Å². The standard InChI is InChI=1S/C16H9Cl2FN4O2/c17-9-2-1-3-10(19)13(9)14(24)8-6-11(21-7-8)15(25)22-12-4-5-20-16(18)23-12/h1-7,21H,(H,20,22,23,25). The summed E-state index contributed by atoms with van der Waals surface area (Å²) in [4.78, 5) is 34.8. The Labute approximate surface area is 151 Å². The Kier molecular flexibility index (Phi) is 4.78. The maximum absolute atomic E-state index is 13.9. The molecule has 3 aromatic rings. The molecule has 0 saturated heterocycles. The van der Waals surface area contributed by atoms with Crippen LogP contribution in [0.2, 0.25) is 10.3 Å². The molecule has 1 amide bonds. The molecule has 126 valence electrons. The number of aromatic amines is 1. The molecule has 0 radical (unpaired) electrons. The van der Waals surface area contributed by atoms with E-state index in [2.05, 4.69) is 20.3 Å². The quantitative estimate of drug-likeness (QED) is 0.534. The van der Waals surface area contributed by atoms with Gasteiger partial charge in [-0.05, 0) is 35.9 Å². The number of carbonyl (C=O) groups excluding carboxylic acids is 2. The van der Waals surface area contributed by atoms with E-state index in [1.807, 2.05) is 0 Å². The van der Waals surface area contributed by atoms with Gasteiger partial charge in [0.25, 0.3) is 5.91 Å². The zero-order valence-electron chi connectivity index (χ0n) is 12.4. The first kappa shape index (κ1) is 17.1. The minimum absolute atomic E-state index is 0.00664. The number of hydrogen-bond acceptors (Lipinski definition) is 4. The fourth-order valence-corrected chi connectivity index (χ4v) is 2.50. The third-order valence-corrected chi connectivity index (χ3v) is 3.74. The van der Waals surface area contributed by atoms with Crippen LogP contribution in [0, 0.1) is 5.82 Å². The highest BCUT2D eigenvalue weighted by Gasteiger charge is 2.20. The van der Waals surface area contributed by atoms with Crippen molar-refractivity contribution in [2.24, 2.45) is 0 Å². The molecular weight excluding hydrogens is 370 g/mol. The molecular formula is C16H9Cl2FN4O2. The molecule has 0 spiro atoms. The van der Waals surface area contributed by atoms with Crippen molar-refractivity contribution in [3.8, 4) is 0 Å². The smallest absolute Gasteiger partial charge is 0.273 e. The third kappa shape index (κ3) is 3.67. The number of hydrogen-bond donors (Lipinski definition) is 2. The number of H-pyrrole nitrogens is 1.